The van der Waals surface area contributed by atoms with Crippen LogP contribution in [-0.2, 0) is 6.54 Å². The van der Waals surface area contributed by atoms with E-state index in [4.69, 9.17) is 0 Å². The molecule has 1 saturated heterocycles. The summed E-state index contributed by atoms with van der Waals surface area (Å²) >= 11 is 0. The van der Waals surface area contributed by atoms with Gasteiger partial charge in [0.2, 0.25) is 5.82 Å². The monoisotopic (exact) mass is 440 g/mol. The maximum absolute atomic E-state index is 13.4. The fourth-order valence-corrected chi connectivity index (χ4v) is 3.79. The van der Waals surface area contributed by atoms with Gasteiger partial charge in [-0.25, -0.2) is 8.78 Å². The molecule has 0 radical (unpaired) electrons. The van der Waals surface area contributed by atoms with Gasteiger partial charge in [0.05, 0.1) is 6.54 Å². The minimum absolute atomic E-state index is 0.189. The molecule has 2 aromatic carbocycles. The number of carbonyl (C=O) groups is 1. The molecule has 0 atom stereocenters. The molecule has 9 heteroatoms. The van der Waals surface area contributed by atoms with E-state index in [1.165, 1.54) is 6.07 Å². The van der Waals surface area contributed by atoms with Crippen LogP contribution in [0.2, 0.25) is 0 Å². The number of carbonyl (C=O) groups excluding carboxylic acids is 1. The van der Waals surface area contributed by atoms with Gasteiger partial charge in [-0.05, 0) is 42.8 Å². The average Bonchev–Trinajstić information content (AvgIpc) is 3.30. The van der Waals surface area contributed by atoms with Crippen LogP contribution in [-0.4, -0.2) is 68.6 Å². The summed E-state index contributed by atoms with van der Waals surface area (Å²) in [6.45, 7) is 4.43. The van der Waals surface area contributed by atoms with E-state index in [1.54, 1.807) is 9.70 Å². The molecule has 32 heavy (non-hydrogen) atoms. The summed E-state index contributed by atoms with van der Waals surface area (Å²) in [7, 11) is 0. The van der Waals surface area contributed by atoms with Gasteiger partial charge in [-0.15, -0.1) is 10.2 Å². The Morgan fingerprint density at radius 2 is 1.62 bits per heavy atom. The van der Waals surface area contributed by atoms with Gasteiger partial charge < -0.3 is 4.90 Å². The SMILES string of the molecule is O=C(c1ccc(F)c(F)c1)N1CCN(CCCCCn2nnc(-c3ccccc3)n2)CC1. The molecule has 1 fully saturated rings. The minimum Gasteiger partial charge on any atom is -0.336 e. The highest BCUT2D eigenvalue weighted by molar-refractivity contribution is 5.94. The molecule has 7 nitrogen and oxygen atoms in total. The van der Waals surface area contributed by atoms with E-state index in [1.807, 2.05) is 30.3 Å². The number of rotatable bonds is 8. The molecule has 1 aliphatic rings. The maximum Gasteiger partial charge on any atom is 0.254 e. The second-order valence-electron chi connectivity index (χ2n) is 7.90. The molecule has 0 bridgehead atoms. The lowest BCUT2D eigenvalue weighted by atomic mass is 10.1. The van der Waals surface area contributed by atoms with Crippen LogP contribution in [0.25, 0.3) is 11.4 Å². The molecule has 0 spiro atoms. The Hall–Kier alpha value is -3.20. The third kappa shape index (κ3) is 5.53. The standard InChI is InChI=1S/C23H26F2N6O/c24-20-10-9-19(17-21(20)25)23(32)30-15-13-29(14-16-30)11-5-2-6-12-31-27-22(26-28-31)18-7-3-1-4-8-18/h1,3-4,7-10,17H,2,5-6,11-16H2. The van der Waals surface area contributed by atoms with Crippen LogP contribution in [0, 0.1) is 11.6 Å². The topological polar surface area (TPSA) is 67.2 Å². The van der Waals surface area contributed by atoms with Crippen LogP contribution in [0.15, 0.2) is 48.5 Å². The number of benzene rings is 2. The summed E-state index contributed by atoms with van der Waals surface area (Å²) in [6, 6.07) is 13.1. The highest BCUT2D eigenvalue weighted by Gasteiger charge is 2.22. The first kappa shape index (κ1) is 22.0. The van der Waals surface area contributed by atoms with Crippen LogP contribution in [0.3, 0.4) is 0 Å². The van der Waals surface area contributed by atoms with Gasteiger partial charge >= 0.3 is 0 Å². The van der Waals surface area contributed by atoms with Gasteiger partial charge in [0.25, 0.3) is 5.91 Å². The van der Waals surface area contributed by atoms with Gasteiger partial charge in [-0.3, -0.25) is 9.69 Å². The van der Waals surface area contributed by atoms with Crippen molar-refractivity contribution in [2.24, 2.45) is 0 Å². The van der Waals surface area contributed by atoms with Crippen LogP contribution in [0.1, 0.15) is 29.6 Å². The van der Waals surface area contributed by atoms with Crippen molar-refractivity contribution in [3.05, 3.63) is 65.7 Å². The van der Waals surface area contributed by atoms with Gasteiger partial charge in [0.15, 0.2) is 11.6 Å². The Morgan fingerprint density at radius 3 is 2.38 bits per heavy atom. The van der Waals surface area contributed by atoms with E-state index < -0.39 is 11.6 Å². The first-order chi connectivity index (χ1) is 15.6. The Labute approximate surface area is 185 Å². The predicted octanol–water partition coefficient (Wildman–Crippen LogP) is 3.25. The van der Waals surface area contributed by atoms with E-state index in [9.17, 15) is 13.6 Å². The van der Waals surface area contributed by atoms with Gasteiger partial charge in [0, 0.05) is 37.3 Å². The lowest BCUT2D eigenvalue weighted by molar-refractivity contribution is 0.0634. The largest absolute Gasteiger partial charge is 0.336 e. The summed E-state index contributed by atoms with van der Waals surface area (Å²) in [5.41, 5.74) is 1.15. The highest BCUT2D eigenvalue weighted by Crippen LogP contribution is 2.14. The van der Waals surface area contributed by atoms with Gasteiger partial charge in [-0.2, -0.15) is 4.80 Å². The lowest BCUT2D eigenvalue weighted by Crippen LogP contribution is -2.48. The predicted molar refractivity (Wildman–Crippen MR) is 116 cm³/mol. The fourth-order valence-electron chi connectivity index (χ4n) is 3.79. The van der Waals surface area contributed by atoms with Crippen LogP contribution < -0.4 is 0 Å². The summed E-state index contributed by atoms with van der Waals surface area (Å²) in [6.07, 6.45) is 3.08. The zero-order valence-electron chi connectivity index (χ0n) is 17.8. The molecular formula is C23H26F2N6O. The third-order valence-electron chi connectivity index (χ3n) is 5.64. The summed E-state index contributed by atoms with van der Waals surface area (Å²) in [5.74, 6) is -1.55. The van der Waals surface area contributed by atoms with Crippen molar-refractivity contribution in [1.29, 1.82) is 0 Å². The van der Waals surface area contributed by atoms with Crippen molar-refractivity contribution in [3.63, 3.8) is 0 Å². The summed E-state index contributed by atoms with van der Waals surface area (Å²) in [4.78, 5) is 18.2. The van der Waals surface area contributed by atoms with E-state index in [0.717, 1.165) is 63.1 Å². The van der Waals surface area contributed by atoms with Crippen molar-refractivity contribution in [1.82, 2.24) is 30.0 Å². The number of hydrogen-bond acceptors (Lipinski definition) is 5. The number of piperazine rings is 1. The van der Waals surface area contributed by atoms with E-state index >= 15 is 0 Å². The van der Waals surface area contributed by atoms with E-state index in [0.29, 0.717) is 18.9 Å². The number of tetrazole rings is 1. The third-order valence-corrected chi connectivity index (χ3v) is 5.64. The van der Waals surface area contributed by atoms with Crippen LogP contribution >= 0.6 is 0 Å². The van der Waals surface area contributed by atoms with Crippen molar-refractivity contribution in [2.45, 2.75) is 25.8 Å². The van der Waals surface area contributed by atoms with Gasteiger partial charge in [-0.1, -0.05) is 36.8 Å². The fraction of sp³-hybridized carbons (Fsp3) is 0.391. The van der Waals surface area contributed by atoms with Crippen molar-refractivity contribution < 1.29 is 13.6 Å². The smallest absolute Gasteiger partial charge is 0.254 e. The number of aryl methyl sites for hydroxylation is 1. The number of halogens is 2. The molecule has 1 aromatic heterocycles. The molecule has 168 valence electrons. The molecular weight excluding hydrogens is 414 g/mol. The molecule has 4 rings (SSSR count). The molecule has 0 unspecified atom stereocenters. The number of unbranched alkanes of at least 4 members (excludes halogenated alkanes) is 2. The van der Waals surface area contributed by atoms with Crippen molar-refractivity contribution >= 4 is 5.91 Å². The van der Waals surface area contributed by atoms with Crippen molar-refractivity contribution in [2.75, 3.05) is 32.7 Å². The Bertz CT molecular complexity index is 1030. The quantitative estimate of drug-likeness (QED) is 0.503. The zero-order chi connectivity index (χ0) is 22.3. The first-order valence-corrected chi connectivity index (χ1v) is 10.9. The summed E-state index contributed by atoms with van der Waals surface area (Å²) < 4.78 is 26.5. The first-order valence-electron chi connectivity index (χ1n) is 10.9. The molecule has 1 amide bonds. The van der Waals surface area contributed by atoms with Crippen LogP contribution in [0.4, 0.5) is 8.78 Å². The van der Waals surface area contributed by atoms with E-state index in [-0.39, 0.29) is 11.5 Å². The second-order valence-corrected chi connectivity index (χ2v) is 7.90. The Balaban J connectivity index is 1.13. The number of hydrogen-bond donors (Lipinski definition) is 0. The minimum atomic E-state index is -0.994. The summed E-state index contributed by atoms with van der Waals surface area (Å²) in [5, 5.41) is 12.7. The molecule has 2 heterocycles. The van der Waals surface area contributed by atoms with Gasteiger partial charge in [0.1, 0.15) is 0 Å². The molecule has 0 N–H and O–H groups in total. The lowest BCUT2D eigenvalue weighted by Gasteiger charge is -2.34. The number of amides is 1. The average molecular weight is 440 g/mol. The zero-order valence-corrected chi connectivity index (χ0v) is 17.8. The second kappa shape index (κ2) is 10.4. The molecule has 3 aromatic rings. The highest BCUT2D eigenvalue weighted by atomic mass is 19.2. The number of aromatic nitrogens is 4. The normalized spacial score (nSPS) is 14.6. The Morgan fingerprint density at radius 1 is 0.875 bits per heavy atom. The van der Waals surface area contributed by atoms with Crippen LogP contribution in [0.5, 0.6) is 0 Å². The molecule has 0 aliphatic carbocycles. The van der Waals surface area contributed by atoms with Crippen molar-refractivity contribution in [3.8, 4) is 11.4 Å². The molecule has 1 aliphatic heterocycles. The van der Waals surface area contributed by atoms with E-state index in [2.05, 4.69) is 20.3 Å². The maximum atomic E-state index is 13.4. The number of nitrogens with zero attached hydrogens (tertiary/aromatic N) is 6. The Kier molecular flexibility index (Phi) is 7.16. The molecule has 0 saturated carbocycles.